The lowest BCUT2D eigenvalue weighted by atomic mass is 10.1. The molecule has 0 radical (unpaired) electrons. The lowest BCUT2D eigenvalue weighted by molar-refractivity contribution is -0.122. The van der Waals surface area contributed by atoms with Crippen molar-refractivity contribution in [2.24, 2.45) is 10.8 Å². The van der Waals surface area contributed by atoms with Gasteiger partial charge >= 0.3 is 0 Å². The summed E-state index contributed by atoms with van der Waals surface area (Å²) in [4.78, 5) is 25.3. The van der Waals surface area contributed by atoms with Crippen LogP contribution in [-0.4, -0.2) is 59.8 Å². The molecule has 0 bridgehead atoms. The van der Waals surface area contributed by atoms with Crippen LogP contribution in [0.25, 0.3) is 10.9 Å². The minimum Gasteiger partial charge on any atom is -0.491 e. The summed E-state index contributed by atoms with van der Waals surface area (Å²) >= 11 is 0. The summed E-state index contributed by atoms with van der Waals surface area (Å²) < 4.78 is 27.0. The summed E-state index contributed by atoms with van der Waals surface area (Å²) in [7, 11) is 0. The second-order valence-electron chi connectivity index (χ2n) is 12.7. The Morgan fingerprint density at radius 1 is 0.978 bits per heavy atom. The maximum Gasteiger partial charge on any atom is 0.233 e. The lowest BCUT2D eigenvalue weighted by Crippen LogP contribution is -2.34. The van der Waals surface area contributed by atoms with Gasteiger partial charge in [-0.1, -0.05) is 18.2 Å². The Kier molecular flexibility index (Phi) is 8.03. The second-order valence-corrected chi connectivity index (χ2v) is 12.7. The van der Waals surface area contributed by atoms with Gasteiger partial charge in [-0.2, -0.15) is 0 Å². The van der Waals surface area contributed by atoms with Crippen molar-refractivity contribution >= 4 is 28.2 Å². The molecule has 10 heteroatoms. The number of likely N-dealkylation sites (tertiary alicyclic amines) is 1. The molecule has 3 aliphatic rings. The van der Waals surface area contributed by atoms with E-state index in [0.717, 1.165) is 18.8 Å². The van der Waals surface area contributed by atoms with Crippen LogP contribution < -0.4 is 20.3 Å². The van der Waals surface area contributed by atoms with Crippen LogP contribution in [0.3, 0.4) is 0 Å². The van der Waals surface area contributed by atoms with Gasteiger partial charge in [0.15, 0.2) is 11.6 Å². The Morgan fingerprint density at radius 3 is 2.58 bits per heavy atom. The molecule has 2 aliphatic carbocycles. The van der Waals surface area contributed by atoms with E-state index in [-0.39, 0.29) is 24.9 Å². The third-order valence-electron chi connectivity index (χ3n) is 9.12. The third-order valence-corrected chi connectivity index (χ3v) is 9.12. The van der Waals surface area contributed by atoms with E-state index in [0.29, 0.717) is 52.9 Å². The second kappa shape index (κ2) is 12.3. The van der Waals surface area contributed by atoms with Gasteiger partial charge < -0.3 is 24.8 Å². The monoisotopic (exact) mass is 612 g/mol. The van der Waals surface area contributed by atoms with Crippen molar-refractivity contribution in [3.05, 3.63) is 84.8 Å². The molecule has 1 saturated heterocycles. The number of para-hydroxylation sites is 1. The fraction of sp³-hybridized carbons (Fsp3) is 0.371. The van der Waals surface area contributed by atoms with Gasteiger partial charge in [0.1, 0.15) is 24.2 Å². The molecule has 2 saturated carbocycles. The van der Waals surface area contributed by atoms with Crippen LogP contribution in [0, 0.1) is 16.6 Å². The number of benzene rings is 3. The smallest absolute Gasteiger partial charge is 0.233 e. The van der Waals surface area contributed by atoms with Gasteiger partial charge in [0.05, 0.1) is 23.2 Å². The SMILES string of the molecule is O=C(Nc1ccc(Oc2ccnc3cc(OCC(O)CN4CCC5(CC5)C4)ccc23)c(F)c1)C1(CONc2ccccc2)CC1. The molecule has 1 spiro atoms. The number of pyridine rings is 1. The molecular weight excluding hydrogens is 575 g/mol. The van der Waals surface area contributed by atoms with Crippen molar-refractivity contribution in [2.45, 2.75) is 38.2 Å². The van der Waals surface area contributed by atoms with Crippen LogP contribution in [-0.2, 0) is 9.63 Å². The van der Waals surface area contributed by atoms with Crippen LogP contribution in [0.2, 0.25) is 0 Å². The molecule has 234 valence electrons. The van der Waals surface area contributed by atoms with E-state index in [2.05, 4.69) is 20.7 Å². The quantitative estimate of drug-likeness (QED) is 0.154. The van der Waals surface area contributed by atoms with Crippen molar-refractivity contribution in [1.82, 2.24) is 9.88 Å². The van der Waals surface area contributed by atoms with Crippen molar-refractivity contribution in [3.8, 4) is 17.2 Å². The maximum absolute atomic E-state index is 15.1. The molecule has 1 aliphatic heterocycles. The average Bonchev–Trinajstić information content (AvgIpc) is 3.96. The Morgan fingerprint density at radius 2 is 1.82 bits per heavy atom. The molecule has 1 amide bonds. The number of aliphatic hydroxyl groups excluding tert-OH is 1. The van der Waals surface area contributed by atoms with Crippen molar-refractivity contribution in [3.63, 3.8) is 0 Å². The number of fused-ring (bicyclic) bond motifs is 1. The van der Waals surface area contributed by atoms with Gasteiger partial charge in [0, 0.05) is 42.5 Å². The van der Waals surface area contributed by atoms with Crippen molar-refractivity contribution in [2.75, 3.05) is 43.6 Å². The Labute approximate surface area is 261 Å². The molecule has 2 heterocycles. The summed E-state index contributed by atoms with van der Waals surface area (Å²) in [5, 5.41) is 14.0. The van der Waals surface area contributed by atoms with Crippen LogP contribution >= 0.6 is 0 Å². The fourth-order valence-electron chi connectivity index (χ4n) is 5.99. The molecule has 1 unspecified atom stereocenters. The lowest BCUT2D eigenvalue weighted by Gasteiger charge is -2.20. The first-order valence-corrected chi connectivity index (χ1v) is 15.5. The van der Waals surface area contributed by atoms with E-state index in [1.54, 1.807) is 30.5 Å². The minimum atomic E-state index is -0.641. The standard InChI is InChI=1S/C35H37FN4O5/c36-29-18-25(38-33(42)35(13-14-35)23-44-39-24-4-2-1-3-5-24)6-9-32(29)45-31-10-16-37-30-19-27(7-8-28(30)31)43-21-26(41)20-40-17-15-34(22-40)11-12-34/h1-10,16,18-19,26,39,41H,11-15,17,20-23H2,(H,38,42). The van der Waals surface area contributed by atoms with E-state index in [1.807, 2.05) is 36.4 Å². The average molecular weight is 613 g/mol. The number of aliphatic hydroxyl groups is 1. The Hall–Kier alpha value is -4.25. The Bertz CT molecular complexity index is 1680. The van der Waals surface area contributed by atoms with E-state index < -0.39 is 17.3 Å². The highest BCUT2D eigenvalue weighted by molar-refractivity contribution is 5.97. The van der Waals surface area contributed by atoms with E-state index >= 15 is 4.39 Å². The zero-order valence-electron chi connectivity index (χ0n) is 25.0. The number of hydrogen-bond acceptors (Lipinski definition) is 8. The summed E-state index contributed by atoms with van der Waals surface area (Å²) in [6, 6.07) is 20.9. The number of aromatic nitrogens is 1. The molecule has 1 atom stereocenters. The third kappa shape index (κ3) is 6.88. The molecule has 45 heavy (non-hydrogen) atoms. The predicted molar refractivity (Wildman–Crippen MR) is 169 cm³/mol. The van der Waals surface area contributed by atoms with Crippen LogP contribution in [0.4, 0.5) is 15.8 Å². The highest BCUT2D eigenvalue weighted by Gasteiger charge is 2.50. The van der Waals surface area contributed by atoms with Crippen LogP contribution in [0.5, 0.6) is 17.2 Å². The number of nitrogens with zero attached hydrogens (tertiary/aromatic N) is 2. The van der Waals surface area contributed by atoms with Crippen molar-refractivity contribution in [1.29, 1.82) is 0 Å². The van der Waals surface area contributed by atoms with Gasteiger partial charge in [-0.15, -0.1) is 0 Å². The molecule has 7 rings (SSSR count). The number of carbonyl (C=O) groups excluding carboxylic acids is 1. The van der Waals surface area contributed by atoms with E-state index in [4.69, 9.17) is 14.3 Å². The first-order valence-electron chi connectivity index (χ1n) is 15.5. The van der Waals surface area contributed by atoms with Gasteiger partial charge in [-0.3, -0.25) is 20.1 Å². The number of halogens is 1. The summed E-state index contributed by atoms with van der Waals surface area (Å²) in [5.41, 5.74) is 4.51. The number of ether oxygens (including phenoxy) is 2. The zero-order chi connectivity index (χ0) is 30.9. The topological polar surface area (TPSA) is 105 Å². The van der Waals surface area contributed by atoms with E-state index in [9.17, 15) is 9.90 Å². The van der Waals surface area contributed by atoms with E-state index in [1.165, 1.54) is 31.4 Å². The predicted octanol–water partition coefficient (Wildman–Crippen LogP) is 6.15. The molecule has 3 aromatic carbocycles. The summed E-state index contributed by atoms with van der Waals surface area (Å²) in [5.74, 6) is 0.232. The fourth-order valence-corrected chi connectivity index (χ4v) is 5.99. The summed E-state index contributed by atoms with van der Waals surface area (Å²) in [6.07, 6.45) is 6.26. The maximum atomic E-state index is 15.1. The normalized spacial score (nSPS) is 18.4. The number of carbonyl (C=O) groups is 1. The number of nitrogens with one attached hydrogen (secondary N) is 2. The van der Waals surface area contributed by atoms with Gasteiger partial charge in [-0.05, 0) is 86.5 Å². The number of anilines is 2. The zero-order valence-corrected chi connectivity index (χ0v) is 25.0. The summed E-state index contributed by atoms with van der Waals surface area (Å²) in [6.45, 7) is 3.13. The first-order chi connectivity index (χ1) is 21.9. The molecule has 3 N–H and O–H groups in total. The molecule has 3 fully saturated rings. The minimum absolute atomic E-state index is 0.0235. The number of amides is 1. The molecular formula is C35H37FN4O5. The van der Waals surface area contributed by atoms with Gasteiger partial charge in [0.2, 0.25) is 5.91 Å². The number of rotatable bonds is 13. The van der Waals surface area contributed by atoms with Crippen LogP contribution in [0.1, 0.15) is 32.1 Å². The molecule has 1 aromatic heterocycles. The van der Waals surface area contributed by atoms with Gasteiger partial charge in [0.25, 0.3) is 0 Å². The molecule has 4 aromatic rings. The first kappa shape index (κ1) is 29.5. The largest absolute Gasteiger partial charge is 0.491 e. The highest BCUT2D eigenvalue weighted by Crippen LogP contribution is 2.52. The molecule has 9 nitrogen and oxygen atoms in total. The Balaban J connectivity index is 0.935. The van der Waals surface area contributed by atoms with Crippen molar-refractivity contribution < 1.29 is 28.6 Å². The van der Waals surface area contributed by atoms with Gasteiger partial charge in [-0.25, -0.2) is 4.39 Å². The number of hydrogen-bond donors (Lipinski definition) is 3. The highest BCUT2D eigenvalue weighted by atomic mass is 19.1. The number of β-amino-alcohol motifs (C(OH)–C–C–N with tert-alkyl or cyclic N) is 1. The van der Waals surface area contributed by atoms with Crippen LogP contribution in [0.15, 0.2) is 79.0 Å².